The monoisotopic (exact) mass is 259 g/mol. The Balaban J connectivity index is 1.95. The Hall–Kier alpha value is -2.37. The van der Waals surface area contributed by atoms with Crippen LogP contribution >= 0.6 is 0 Å². The second kappa shape index (κ2) is 6.53. The number of nitrogens with zero attached hydrogens (tertiary/aromatic N) is 3. The number of carbonyl (C=O) groups is 1. The molecule has 2 N–H and O–H groups in total. The molecular weight excluding hydrogens is 242 g/mol. The maximum absolute atomic E-state index is 11.3. The topological polar surface area (TPSA) is 71.8 Å². The van der Waals surface area contributed by atoms with Gasteiger partial charge in [0.25, 0.3) is 0 Å². The first-order valence-electron chi connectivity index (χ1n) is 6.25. The largest absolute Gasteiger partial charge is 0.338 e. The molecule has 0 saturated carbocycles. The fourth-order valence-corrected chi connectivity index (χ4v) is 1.73. The van der Waals surface area contributed by atoms with Gasteiger partial charge in [-0.2, -0.15) is 0 Å². The van der Waals surface area contributed by atoms with Crippen LogP contribution in [-0.4, -0.2) is 33.7 Å². The molecule has 0 bridgehead atoms. The van der Waals surface area contributed by atoms with Crippen LogP contribution in [0.2, 0.25) is 0 Å². The van der Waals surface area contributed by atoms with Gasteiger partial charge in [-0.25, -0.2) is 9.78 Å². The SMILES string of the molecule is CCNC(=O)NCCn1ccnc1-c1ccccn1. The highest BCUT2D eigenvalue weighted by Gasteiger charge is 2.06. The number of rotatable bonds is 5. The number of pyridine rings is 1. The smallest absolute Gasteiger partial charge is 0.314 e. The molecule has 100 valence electrons. The second-order valence-electron chi connectivity index (χ2n) is 3.95. The summed E-state index contributed by atoms with van der Waals surface area (Å²) in [6.45, 7) is 3.70. The Morgan fingerprint density at radius 3 is 2.89 bits per heavy atom. The third-order valence-corrected chi connectivity index (χ3v) is 2.59. The minimum atomic E-state index is -0.151. The van der Waals surface area contributed by atoms with Gasteiger partial charge >= 0.3 is 6.03 Å². The molecule has 0 aliphatic rings. The van der Waals surface area contributed by atoms with E-state index in [2.05, 4.69) is 20.6 Å². The van der Waals surface area contributed by atoms with E-state index in [9.17, 15) is 4.79 Å². The lowest BCUT2D eigenvalue weighted by Gasteiger charge is -2.09. The van der Waals surface area contributed by atoms with Gasteiger partial charge in [0.05, 0.1) is 0 Å². The highest BCUT2D eigenvalue weighted by molar-refractivity contribution is 5.73. The van der Waals surface area contributed by atoms with Crippen molar-refractivity contribution in [1.29, 1.82) is 0 Å². The van der Waals surface area contributed by atoms with E-state index in [-0.39, 0.29) is 6.03 Å². The minimum absolute atomic E-state index is 0.151. The third-order valence-electron chi connectivity index (χ3n) is 2.59. The van der Waals surface area contributed by atoms with Gasteiger partial charge in [-0.15, -0.1) is 0 Å². The molecule has 2 aromatic heterocycles. The minimum Gasteiger partial charge on any atom is -0.338 e. The zero-order valence-electron chi connectivity index (χ0n) is 10.8. The van der Waals surface area contributed by atoms with Crippen LogP contribution in [-0.2, 0) is 6.54 Å². The first-order chi connectivity index (χ1) is 9.31. The molecule has 6 nitrogen and oxygen atoms in total. The van der Waals surface area contributed by atoms with Crippen molar-refractivity contribution in [2.45, 2.75) is 13.5 Å². The summed E-state index contributed by atoms with van der Waals surface area (Å²) in [7, 11) is 0. The number of hydrogen-bond donors (Lipinski definition) is 2. The molecule has 6 heteroatoms. The molecule has 0 fully saturated rings. The zero-order chi connectivity index (χ0) is 13.5. The molecule has 0 aliphatic heterocycles. The molecule has 0 spiro atoms. The molecule has 2 rings (SSSR count). The molecule has 19 heavy (non-hydrogen) atoms. The summed E-state index contributed by atoms with van der Waals surface area (Å²) in [5.41, 5.74) is 0.825. The van der Waals surface area contributed by atoms with E-state index >= 15 is 0 Å². The van der Waals surface area contributed by atoms with E-state index in [1.54, 1.807) is 12.4 Å². The van der Waals surface area contributed by atoms with E-state index < -0.39 is 0 Å². The van der Waals surface area contributed by atoms with E-state index in [0.717, 1.165) is 11.5 Å². The number of amides is 2. The van der Waals surface area contributed by atoms with E-state index in [1.165, 1.54) is 0 Å². The summed E-state index contributed by atoms with van der Waals surface area (Å²) in [4.78, 5) is 19.8. The molecule has 0 radical (unpaired) electrons. The van der Waals surface area contributed by atoms with Crippen molar-refractivity contribution in [3.8, 4) is 11.5 Å². The van der Waals surface area contributed by atoms with Gasteiger partial charge in [0, 0.05) is 38.2 Å². The van der Waals surface area contributed by atoms with Gasteiger partial charge in [-0.3, -0.25) is 4.98 Å². The van der Waals surface area contributed by atoms with Crippen LogP contribution in [0.5, 0.6) is 0 Å². The number of aromatic nitrogens is 3. The first kappa shape index (κ1) is 13.1. The maximum atomic E-state index is 11.3. The van der Waals surface area contributed by atoms with Crippen LogP contribution in [0.25, 0.3) is 11.5 Å². The summed E-state index contributed by atoms with van der Waals surface area (Å²) < 4.78 is 1.97. The van der Waals surface area contributed by atoms with Gasteiger partial charge in [0.15, 0.2) is 5.82 Å². The number of hydrogen-bond acceptors (Lipinski definition) is 3. The van der Waals surface area contributed by atoms with Crippen molar-refractivity contribution in [3.05, 3.63) is 36.8 Å². The molecular formula is C13H17N5O. The molecule has 2 heterocycles. The standard InChI is InChI=1S/C13H17N5O/c1-2-14-13(19)17-8-10-18-9-7-16-12(18)11-5-3-4-6-15-11/h3-7,9H,2,8,10H2,1H3,(H2,14,17,19). The van der Waals surface area contributed by atoms with Crippen LogP contribution in [0.3, 0.4) is 0 Å². The van der Waals surface area contributed by atoms with Crippen molar-refractivity contribution in [3.63, 3.8) is 0 Å². The Morgan fingerprint density at radius 2 is 2.16 bits per heavy atom. The molecule has 2 amide bonds. The highest BCUT2D eigenvalue weighted by atomic mass is 16.2. The van der Waals surface area contributed by atoms with E-state index in [4.69, 9.17) is 0 Å². The normalized spacial score (nSPS) is 10.2. The number of imidazole rings is 1. The van der Waals surface area contributed by atoms with Crippen LogP contribution in [0.1, 0.15) is 6.92 Å². The van der Waals surface area contributed by atoms with Gasteiger partial charge < -0.3 is 15.2 Å². The zero-order valence-corrected chi connectivity index (χ0v) is 10.8. The number of carbonyl (C=O) groups excluding carboxylic acids is 1. The van der Waals surface area contributed by atoms with Crippen LogP contribution in [0.4, 0.5) is 4.79 Å². The summed E-state index contributed by atoms with van der Waals surface area (Å²) >= 11 is 0. The average Bonchev–Trinajstić information content (AvgIpc) is 2.88. The fraction of sp³-hybridized carbons (Fsp3) is 0.308. The lowest BCUT2D eigenvalue weighted by atomic mass is 10.3. The van der Waals surface area contributed by atoms with Gasteiger partial charge in [0.2, 0.25) is 0 Å². The summed E-state index contributed by atoms with van der Waals surface area (Å²) in [5.74, 6) is 0.804. The van der Waals surface area contributed by atoms with Crippen molar-refractivity contribution < 1.29 is 4.79 Å². The number of urea groups is 1. The average molecular weight is 259 g/mol. The predicted molar refractivity (Wildman–Crippen MR) is 72.5 cm³/mol. The van der Waals surface area contributed by atoms with Crippen molar-refractivity contribution in [2.24, 2.45) is 0 Å². The van der Waals surface area contributed by atoms with Crippen LogP contribution < -0.4 is 10.6 Å². The van der Waals surface area contributed by atoms with E-state index in [1.807, 2.05) is 35.9 Å². The summed E-state index contributed by atoms with van der Waals surface area (Å²) in [5, 5.41) is 5.47. The number of nitrogens with one attached hydrogen (secondary N) is 2. The maximum Gasteiger partial charge on any atom is 0.314 e. The van der Waals surface area contributed by atoms with Crippen molar-refractivity contribution >= 4 is 6.03 Å². The predicted octanol–water partition coefficient (Wildman–Crippen LogP) is 1.26. The summed E-state index contributed by atoms with van der Waals surface area (Å²) in [6, 6.07) is 5.56. The molecule has 2 aromatic rings. The van der Waals surface area contributed by atoms with Crippen molar-refractivity contribution in [1.82, 2.24) is 25.2 Å². The lowest BCUT2D eigenvalue weighted by Crippen LogP contribution is -2.36. The van der Waals surface area contributed by atoms with Gasteiger partial charge in [0.1, 0.15) is 5.69 Å². The summed E-state index contributed by atoms with van der Waals surface area (Å²) in [6.07, 6.45) is 5.35. The molecule has 0 unspecified atom stereocenters. The fourth-order valence-electron chi connectivity index (χ4n) is 1.73. The third kappa shape index (κ3) is 3.54. The Kier molecular flexibility index (Phi) is 4.49. The second-order valence-corrected chi connectivity index (χ2v) is 3.95. The highest BCUT2D eigenvalue weighted by Crippen LogP contribution is 2.13. The van der Waals surface area contributed by atoms with Crippen LogP contribution in [0, 0.1) is 0 Å². The van der Waals surface area contributed by atoms with Gasteiger partial charge in [-0.1, -0.05) is 6.07 Å². The van der Waals surface area contributed by atoms with E-state index in [0.29, 0.717) is 19.6 Å². The van der Waals surface area contributed by atoms with Crippen LogP contribution in [0.15, 0.2) is 36.8 Å². The Bertz CT molecular complexity index is 523. The van der Waals surface area contributed by atoms with Gasteiger partial charge in [-0.05, 0) is 19.1 Å². The molecule has 0 aromatic carbocycles. The first-order valence-corrected chi connectivity index (χ1v) is 6.25. The molecule has 0 saturated heterocycles. The molecule has 0 aliphatic carbocycles. The lowest BCUT2D eigenvalue weighted by molar-refractivity contribution is 0.241. The van der Waals surface area contributed by atoms with Crippen molar-refractivity contribution in [2.75, 3.05) is 13.1 Å². The Labute approximate surface area is 111 Å². The Morgan fingerprint density at radius 1 is 1.26 bits per heavy atom. The quantitative estimate of drug-likeness (QED) is 0.849. The molecule has 0 atom stereocenters.